The number of nitrogens with zero attached hydrogens (tertiary/aromatic N) is 3. The summed E-state index contributed by atoms with van der Waals surface area (Å²) in [6.45, 7) is 6.09. The maximum atomic E-state index is 13.3. The van der Waals surface area contributed by atoms with Crippen LogP contribution in [0.15, 0.2) is 30.5 Å². The molecule has 3 rings (SSSR count). The summed E-state index contributed by atoms with van der Waals surface area (Å²) in [6, 6.07) is 6.55. The van der Waals surface area contributed by atoms with Crippen molar-refractivity contribution in [2.75, 3.05) is 19.0 Å². The van der Waals surface area contributed by atoms with E-state index in [1.807, 2.05) is 17.7 Å². The topological polar surface area (TPSA) is 52.0 Å². The first-order chi connectivity index (χ1) is 11.6. The molecule has 0 unspecified atom stereocenters. The lowest BCUT2D eigenvalue weighted by Gasteiger charge is -2.10. The Morgan fingerprint density at radius 3 is 2.88 bits per heavy atom. The van der Waals surface area contributed by atoms with Gasteiger partial charge in [-0.15, -0.1) is 0 Å². The van der Waals surface area contributed by atoms with Gasteiger partial charge >= 0.3 is 0 Å². The molecule has 2 aromatic heterocycles. The summed E-state index contributed by atoms with van der Waals surface area (Å²) < 4.78 is 20.4. The van der Waals surface area contributed by atoms with Gasteiger partial charge in [-0.05, 0) is 32.0 Å². The number of anilines is 1. The number of hydrogen-bond donors (Lipinski definition) is 1. The summed E-state index contributed by atoms with van der Waals surface area (Å²) in [7, 11) is 1.69. The number of aryl methyl sites for hydroxylation is 1. The molecule has 6 heteroatoms. The third-order valence-electron chi connectivity index (χ3n) is 4.20. The smallest absolute Gasteiger partial charge is 0.125 e. The van der Waals surface area contributed by atoms with Gasteiger partial charge in [-0.25, -0.2) is 4.39 Å². The SMILES string of the molecule is COCCn1nc(C)c(CNc2ccnc3cc(F)ccc23)c1C. The van der Waals surface area contributed by atoms with E-state index in [2.05, 4.69) is 22.3 Å². The van der Waals surface area contributed by atoms with Gasteiger partial charge in [-0.3, -0.25) is 9.67 Å². The minimum absolute atomic E-state index is 0.279. The standard InChI is InChI=1S/C18H21FN4O/c1-12-16(13(2)23(22-12)8-9-24-3)11-21-17-6-7-20-18-10-14(19)4-5-15(17)18/h4-7,10H,8-9,11H2,1-3H3,(H,20,21). The second kappa shape index (κ2) is 6.97. The fourth-order valence-corrected chi connectivity index (χ4v) is 2.84. The van der Waals surface area contributed by atoms with Crippen LogP contribution in [0.25, 0.3) is 10.9 Å². The molecule has 0 spiro atoms. The van der Waals surface area contributed by atoms with E-state index >= 15 is 0 Å². The second-order valence-corrected chi connectivity index (χ2v) is 5.74. The van der Waals surface area contributed by atoms with E-state index in [9.17, 15) is 4.39 Å². The lowest BCUT2D eigenvalue weighted by Crippen LogP contribution is -2.08. The Kier molecular flexibility index (Phi) is 4.76. The maximum Gasteiger partial charge on any atom is 0.125 e. The molecule has 0 saturated heterocycles. The molecule has 1 N–H and O–H groups in total. The predicted molar refractivity (Wildman–Crippen MR) is 92.6 cm³/mol. The average molecular weight is 328 g/mol. The molecule has 0 aliphatic carbocycles. The van der Waals surface area contributed by atoms with Crippen LogP contribution < -0.4 is 5.32 Å². The molecule has 5 nitrogen and oxygen atoms in total. The number of nitrogens with one attached hydrogen (secondary N) is 1. The number of methoxy groups -OCH3 is 1. The number of benzene rings is 1. The van der Waals surface area contributed by atoms with Crippen LogP contribution >= 0.6 is 0 Å². The summed E-state index contributed by atoms with van der Waals surface area (Å²) in [5.41, 5.74) is 4.87. The Bertz CT molecular complexity index is 860. The Hall–Kier alpha value is -2.47. The van der Waals surface area contributed by atoms with Crippen molar-refractivity contribution in [3.63, 3.8) is 0 Å². The summed E-state index contributed by atoms with van der Waals surface area (Å²) >= 11 is 0. The van der Waals surface area contributed by atoms with Crippen molar-refractivity contribution in [3.05, 3.63) is 53.2 Å². The second-order valence-electron chi connectivity index (χ2n) is 5.74. The highest BCUT2D eigenvalue weighted by molar-refractivity contribution is 5.90. The minimum Gasteiger partial charge on any atom is -0.383 e. The fraction of sp³-hybridized carbons (Fsp3) is 0.333. The van der Waals surface area contributed by atoms with E-state index in [0.717, 1.165) is 34.6 Å². The highest BCUT2D eigenvalue weighted by atomic mass is 19.1. The quantitative estimate of drug-likeness (QED) is 0.753. The first-order valence-electron chi connectivity index (χ1n) is 7.90. The largest absolute Gasteiger partial charge is 0.383 e. The molecule has 3 aromatic rings. The Labute approximate surface area is 140 Å². The van der Waals surface area contributed by atoms with Crippen molar-refractivity contribution < 1.29 is 9.13 Å². The first kappa shape index (κ1) is 16.4. The lowest BCUT2D eigenvalue weighted by atomic mass is 10.1. The van der Waals surface area contributed by atoms with E-state index in [1.165, 1.54) is 12.1 Å². The molecular formula is C18H21FN4O. The monoisotopic (exact) mass is 328 g/mol. The maximum absolute atomic E-state index is 13.3. The number of aromatic nitrogens is 3. The minimum atomic E-state index is -0.279. The van der Waals surface area contributed by atoms with Gasteiger partial charge in [0.25, 0.3) is 0 Å². The molecule has 1 aromatic carbocycles. The van der Waals surface area contributed by atoms with Crippen LogP contribution in [0.1, 0.15) is 17.0 Å². The highest BCUT2D eigenvalue weighted by Gasteiger charge is 2.12. The van der Waals surface area contributed by atoms with E-state index < -0.39 is 0 Å². The predicted octanol–water partition coefficient (Wildman–Crippen LogP) is 3.45. The average Bonchev–Trinajstić information content (AvgIpc) is 2.84. The molecular weight excluding hydrogens is 307 g/mol. The zero-order chi connectivity index (χ0) is 17.1. The zero-order valence-corrected chi connectivity index (χ0v) is 14.1. The molecule has 24 heavy (non-hydrogen) atoms. The van der Waals surface area contributed by atoms with Crippen LogP contribution in [0.4, 0.5) is 10.1 Å². The van der Waals surface area contributed by atoms with E-state index in [4.69, 9.17) is 4.74 Å². The molecule has 0 amide bonds. The number of ether oxygens (including phenoxy) is 1. The van der Waals surface area contributed by atoms with Gasteiger partial charge in [-0.2, -0.15) is 5.10 Å². The van der Waals surface area contributed by atoms with Crippen molar-refractivity contribution in [3.8, 4) is 0 Å². The van der Waals surface area contributed by atoms with Gasteiger partial charge < -0.3 is 10.1 Å². The van der Waals surface area contributed by atoms with Gasteiger partial charge in [-0.1, -0.05) is 0 Å². The van der Waals surface area contributed by atoms with Crippen molar-refractivity contribution in [1.29, 1.82) is 0 Å². The van der Waals surface area contributed by atoms with Gasteiger partial charge in [0.1, 0.15) is 5.82 Å². The number of pyridine rings is 1. The zero-order valence-electron chi connectivity index (χ0n) is 14.1. The third-order valence-corrected chi connectivity index (χ3v) is 4.20. The molecule has 0 radical (unpaired) electrons. The number of fused-ring (bicyclic) bond motifs is 1. The molecule has 0 bridgehead atoms. The van der Waals surface area contributed by atoms with Gasteiger partial charge in [0.15, 0.2) is 0 Å². The number of rotatable bonds is 6. The van der Waals surface area contributed by atoms with Crippen LogP contribution in [0.2, 0.25) is 0 Å². The van der Waals surface area contributed by atoms with Crippen LogP contribution in [0, 0.1) is 19.7 Å². The summed E-state index contributed by atoms with van der Waals surface area (Å²) in [6.07, 6.45) is 1.69. The molecule has 126 valence electrons. The molecule has 0 fully saturated rings. The lowest BCUT2D eigenvalue weighted by molar-refractivity contribution is 0.182. The van der Waals surface area contributed by atoms with Crippen molar-refractivity contribution in [2.45, 2.75) is 26.9 Å². The fourth-order valence-electron chi connectivity index (χ4n) is 2.84. The number of halogens is 1. The van der Waals surface area contributed by atoms with Crippen LogP contribution in [0.3, 0.4) is 0 Å². The van der Waals surface area contributed by atoms with Crippen LogP contribution in [-0.4, -0.2) is 28.5 Å². The molecule has 0 saturated carbocycles. The van der Waals surface area contributed by atoms with Gasteiger partial charge in [0.05, 0.1) is 24.4 Å². The molecule has 0 atom stereocenters. The van der Waals surface area contributed by atoms with Crippen molar-refractivity contribution >= 4 is 16.6 Å². The summed E-state index contributed by atoms with van der Waals surface area (Å²) in [4.78, 5) is 4.22. The van der Waals surface area contributed by atoms with Crippen LogP contribution in [0.5, 0.6) is 0 Å². The Morgan fingerprint density at radius 2 is 2.08 bits per heavy atom. The summed E-state index contributed by atoms with van der Waals surface area (Å²) in [5.74, 6) is -0.279. The van der Waals surface area contributed by atoms with Gasteiger partial charge in [0, 0.05) is 48.2 Å². The van der Waals surface area contributed by atoms with Crippen molar-refractivity contribution in [1.82, 2.24) is 14.8 Å². The highest BCUT2D eigenvalue weighted by Crippen LogP contribution is 2.23. The van der Waals surface area contributed by atoms with E-state index in [-0.39, 0.29) is 5.82 Å². The number of hydrogen-bond acceptors (Lipinski definition) is 4. The van der Waals surface area contributed by atoms with Gasteiger partial charge in [0.2, 0.25) is 0 Å². The Morgan fingerprint density at radius 1 is 1.25 bits per heavy atom. The summed E-state index contributed by atoms with van der Waals surface area (Å²) in [5, 5.41) is 8.90. The third kappa shape index (κ3) is 3.23. The van der Waals surface area contributed by atoms with E-state index in [0.29, 0.717) is 18.7 Å². The Balaban J connectivity index is 1.83. The van der Waals surface area contributed by atoms with Crippen molar-refractivity contribution in [2.24, 2.45) is 0 Å². The molecule has 0 aliphatic heterocycles. The first-order valence-corrected chi connectivity index (χ1v) is 7.90. The molecule has 2 heterocycles. The molecule has 0 aliphatic rings. The van der Waals surface area contributed by atoms with E-state index in [1.54, 1.807) is 19.4 Å². The van der Waals surface area contributed by atoms with Crippen LogP contribution in [-0.2, 0) is 17.8 Å². The normalized spacial score (nSPS) is 11.2.